The van der Waals surface area contributed by atoms with E-state index in [1.165, 1.54) is 60.7 Å². The second-order valence-electron chi connectivity index (χ2n) is 6.43. The molecule has 0 unspecified atom stereocenters. The highest BCUT2D eigenvalue weighted by Gasteiger charge is 2.22. The van der Waals surface area contributed by atoms with Crippen molar-refractivity contribution in [3.8, 4) is 0 Å². The summed E-state index contributed by atoms with van der Waals surface area (Å²) in [4.78, 5) is -0.550. The molecule has 1 aromatic carbocycles. The summed E-state index contributed by atoms with van der Waals surface area (Å²) in [5.74, 6) is -1.24. The van der Waals surface area contributed by atoms with Crippen molar-refractivity contribution in [2.75, 3.05) is 16.7 Å². The third-order valence-corrected chi connectivity index (χ3v) is 5.75. The van der Waals surface area contributed by atoms with E-state index in [9.17, 15) is 23.9 Å². The SMILES string of the molecule is O=S1(=O)CC(C=C2C=CC(=[N+]([O-])[O-])C=C2)=C([O-])/C(=C/c2ccc(N(O)O)cc2)C1. The molecule has 1 heterocycles. The number of nitrogens with zero attached hydrogens (tertiary/aromatic N) is 2. The van der Waals surface area contributed by atoms with Crippen LogP contribution in [0.1, 0.15) is 5.56 Å². The lowest BCUT2D eigenvalue weighted by Crippen LogP contribution is -2.27. The molecular formula is C19H16N2O7S-2. The third-order valence-electron chi connectivity index (χ3n) is 4.24. The molecule has 10 heteroatoms. The topological polar surface area (TPSA) is 150 Å². The van der Waals surface area contributed by atoms with Gasteiger partial charge in [-0.2, -0.15) is 4.90 Å². The van der Waals surface area contributed by atoms with Crippen molar-refractivity contribution < 1.29 is 28.8 Å². The minimum Gasteiger partial charge on any atom is -0.872 e. The lowest BCUT2D eigenvalue weighted by atomic mass is 10.0. The van der Waals surface area contributed by atoms with Crippen LogP contribution in [0.5, 0.6) is 0 Å². The van der Waals surface area contributed by atoms with Crippen molar-refractivity contribution in [3.63, 3.8) is 0 Å². The van der Waals surface area contributed by atoms with Crippen molar-refractivity contribution in [2.24, 2.45) is 0 Å². The van der Waals surface area contributed by atoms with E-state index < -0.39 is 32.0 Å². The largest absolute Gasteiger partial charge is 0.872 e. The minimum absolute atomic E-state index is 0.0574. The molecule has 0 radical (unpaired) electrons. The van der Waals surface area contributed by atoms with Crippen molar-refractivity contribution in [3.05, 3.63) is 93.1 Å². The van der Waals surface area contributed by atoms with E-state index in [0.29, 0.717) is 11.1 Å². The molecule has 2 N–H and O–H groups in total. The number of hydrogen-bond donors (Lipinski definition) is 2. The molecule has 3 rings (SSSR count). The number of rotatable bonds is 3. The fraction of sp³-hybridized carbons (Fsp3) is 0.105. The van der Waals surface area contributed by atoms with Gasteiger partial charge in [0.2, 0.25) is 5.71 Å². The molecule has 1 aromatic rings. The number of anilines is 1. The molecular weight excluding hydrogens is 400 g/mol. The van der Waals surface area contributed by atoms with Crippen molar-refractivity contribution >= 4 is 27.3 Å². The molecule has 0 atom stereocenters. The molecule has 0 amide bonds. The summed E-state index contributed by atoms with van der Waals surface area (Å²) in [6.45, 7) is 0. The van der Waals surface area contributed by atoms with Gasteiger partial charge >= 0.3 is 0 Å². The van der Waals surface area contributed by atoms with Gasteiger partial charge in [-0.1, -0.05) is 24.3 Å². The molecule has 0 aromatic heterocycles. The summed E-state index contributed by atoms with van der Waals surface area (Å²) in [5.41, 5.74) is 1.15. The Morgan fingerprint density at radius 3 is 2.14 bits per heavy atom. The van der Waals surface area contributed by atoms with Crippen LogP contribution >= 0.6 is 0 Å². The lowest BCUT2D eigenvalue weighted by Gasteiger charge is -2.26. The molecule has 2 aliphatic rings. The van der Waals surface area contributed by atoms with Gasteiger partial charge in [-0.25, -0.2) is 8.42 Å². The molecule has 0 spiro atoms. The summed E-state index contributed by atoms with van der Waals surface area (Å²) < 4.78 is 24.6. The quantitative estimate of drug-likeness (QED) is 0.551. The first-order chi connectivity index (χ1) is 13.6. The Kier molecular flexibility index (Phi) is 5.59. The van der Waals surface area contributed by atoms with Crippen LogP contribution in [0.4, 0.5) is 5.69 Å². The van der Waals surface area contributed by atoms with Crippen LogP contribution < -0.4 is 10.3 Å². The normalized spacial score (nSPS) is 19.6. The van der Waals surface area contributed by atoms with E-state index in [1.807, 2.05) is 0 Å². The van der Waals surface area contributed by atoms with Crippen molar-refractivity contribution in [1.29, 1.82) is 0 Å². The van der Waals surface area contributed by atoms with Gasteiger partial charge in [0.1, 0.15) is 0 Å². The Labute approximate surface area is 166 Å². The summed E-state index contributed by atoms with van der Waals surface area (Å²) >= 11 is 0. The third kappa shape index (κ3) is 4.93. The van der Waals surface area contributed by atoms with Crippen molar-refractivity contribution in [1.82, 2.24) is 0 Å². The molecule has 0 saturated heterocycles. The van der Waals surface area contributed by atoms with Gasteiger partial charge in [0, 0.05) is 12.2 Å². The highest BCUT2D eigenvalue weighted by molar-refractivity contribution is 7.91. The predicted octanol–water partition coefficient (Wildman–Crippen LogP) is 1.20. The van der Waals surface area contributed by atoms with Gasteiger partial charge in [0.15, 0.2) is 9.84 Å². The van der Waals surface area contributed by atoms with Crippen LogP contribution in [0.3, 0.4) is 0 Å². The Morgan fingerprint density at radius 1 is 0.966 bits per heavy atom. The highest BCUT2D eigenvalue weighted by Crippen LogP contribution is 2.26. The van der Waals surface area contributed by atoms with E-state index in [4.69, 9.17) is 10.4 Å². The smallest absolute Gasteiger partial charge is 0.222 e. The van der Waals surface area contributed by atoms with E-state index in [1.54, 1.807) is 0 Å². The van der Waals surface area contributed by atoms with Crippen LogP contribution in [-0.2, 0) is 9.84 Å². The number of allylic oxidation sites excluding steroid dienone is 7. The molecule has 0 saturated carbocycles. The fourth-order valence-corrected chi connectivity index (χ4v) is 4.35. The number of hydrogen-bond acceptors (Lipinski definition) is 8. The molecule has 0 bridgehead atoms. The standard InChI is InChI=1S/C19H17N2O7S/c22-19-15(9-13-1-5-17(6-2-13)20(23)24)11-29(27,28)12-16(19)10-14-3-7-18(8-4-14)21(25)26/h1-10,23-24H,11-12H2,(H-,22,25,26)/q-1/p-1/b15-9+. The van der Waals surface area contributed by atoms with Crippen LogP contribution in [-0.4, -0.2) is 41.0 Å². The zero-order valence-corrected chi connectivity index (χ0v) is 15.7. The maximum atomic E-state index is 12.8. The molecule has 9 nitrogen and oxygen atoms in total. The van der Waals surface area contributed by atoms with Gasteiger partial charge < -0.3 is 15.5 Å². The molecule has 29 heavy (non-hydrogen) atoms. The predicted molar refractivity (Wildman–Crippen MR) is 105 cm³/mol. The molecule has 0 fully saturated rings. The average Bonchev–Trinajstić information content (AvgIpc) is 2.66. The van der Waals surface area contributed by atoms with E-state index in [-0.39, 0.29) is 27.8 Å². The van der Waals surface area contributed by atoms with Crippen LogP contribution in [0, 0.1) is 10.4 Å². The first-order valence-corrected chi connectivity index (χ1v) is 10.2. The second kappa shape index (κ2) is 7.95. The van der Waals surface area contributed by atoms with E-state index in [0.717, 1.165) is 0 Å². The first-order valence-electron chi connectivity index (χ1n) is 8.33. The van der Waals surface area contributed by atoms with Gasteiger partial charge in [0.25, 0.3) is 0 Å². The number of benzene rings is 1. The Hall–Kier alpha value is -3.34. The summed E-state index contributed by atoms with van der Waals surface area (Å²) in [7, 11) is -3.55. The zero-order valence-electron chi connectivity index (χ0n) is 14.9. The van der Waals surface area contributed by atoms with Gasteiger partial charge in [-0.3, -0.25) is 10.4 Å². The first kappa shape index (κ1) is 20.4. The van der Waals surface area contributed by atoms with Crippen LogP contribution in [0.2, 0.25) is 0 Å². The summed E-state index contributed by atoms with van der Waals surface area (Å²) in [6, 6.07) is 5.80. The molecule has 1 aliphatic heterocycles. The lowest BCUT2D eigenvalue weighted by molar-refractivity contribution is -0.377. The minimum atomic E-state index is -3.55. The zero-order chi connectivity index (χ0) is 21.2. The molecule has 152 valence electrons. The number of sulfone groups is 1. The van der Waals surface area contributed by atoms with Gasteiger partial charge in [-0.05, 0) is 46.6 Å². The maximum absolute atomic E-state index is 12.8. The summed E-state index contributed by atoms with van der Waals surface area (Å²) in [5, 5.41) is 52.1. The second-order valence-corrected chi connectivity index (χ2v) is 8.49. The Balaban J connectivity index is 1.97. The average molecular weight is 416 g/mol. The fourth-order valence-electron chi connectivity index (χ4n) is 2.88. The van der Waals surface area contributed by atoms with Crippen LogP contribution in [0.25, 0.3) is 6.08 Å². The monoisotopic (exact) mass is 416 g/mol. The summed E-state index contributed by atoms with van der Waals surface area (Å²) in [6.07, 6.45) is 8.28. The Bertz CT molecular complexity index is 1080. The van der Waals surface area contributed by atoms with E-state index in [2.05, 4.69) is 0 Å². The van der Waals surface area contributed by atoms with Crippen LogP contribution in [0.15, 0.2) is 77.1 Å². The van der Waals surface area contributed by atoms with Gasteiger partial charge in [0.05, 0.1) is 17.2 Å². The molecule has 1 aliphatic carbocycles. The van der Waals surface area contributed by atoms with E-state index >= 15 is 0 Å². The van der Waals surface area contributed by atoms with Crippen molar-refractivity contribution in [2.45, 2.75) is 0 Å². The maximum Gasteiger partial charge on any atom is 0.222 e. The highest BCUT2D eigenvalue weighted by atomic mass is 32.2. The van der Waals surface area contributed by atoms with Gasteiger partial charge in [-0.15, -0.1) is 11.0 Å². The Morgan fingerprint density at radius 2 is 1.59 bits per heavy atom.